The van der Waals surface area contributed by atoms with Gasteiger partial charge >= 0.3 is 52.6 Å². The standard InChI is InChI=1S/Mg.Mn.Na.H2O.3H/h;;;1H2;;;. The zero-order valence-corrected chi connectivity index (χ0v) is 2.06. The van der Waals surface area contributed by atoms with Crippen LogP contribution < -0.4 is 0 Å². The molecule has 0 aliphatic rings. The molecule has 21 valence electrons. The van der Waals surface area contributed by atoms with Gasteiger partial charge < -0.3 is 5.48 Å². The third-order valence-electron chi connectivity index (χ3n) is 0. The molecule has 0 aliphatic carbocycles. The summed E-state index contributed by atoms with van der Waals surface area (Å²) in [6, 6.07) is 0. The molecule has 0 bridgehead atoms. The van der Waals surface area contributed by atoms with Gasteiger partial charge in [-0.1, -0.05) is 0 Å². The topological polar surface area (TPSA) is 31.5 Å². The van der Waals surface area contributed by atoms with Gasteiger partial charge in [0.25, 0.3) is 0 Å². The Hall–Kier alpha value is 2.25. The van der Waals surface area contributed by atoms with Crippen molar-refractivity contribution in [2.75, 3.05) is 0 Å². The fraction of sp³-hybridized carbons (Fsp3) is 0. The summed E-state index contributed by atoms with van der Waals surface area (Å²) in [6.07, 6.45) is 0. The van der Waals surface area contributed by atoms with Crippen molar-refractivity contribution in [3.8, 4) is 0 Å². The average molecular weight is 123 g/mol. The van der Waals surface area contributed by atoms with Crippen LogP contribution in [0.4, 0.5) is 0 Å². The molecular weight excluding hydrogens is 118 g/mol. The van der Waals surface area contributed by atoms with E-state index in [1.807, 2.05) is 0 Å². The second-order valence-corrected chi connectivity index (χ2v) is 0. The zero-order valence-electron chi connectivity index (χ0n) is 0.878. The predicted octanol–water partition coefficient (Wildman–Crippen LogP) is -2.39. The van der Waals surface area contributed by atoms with E-state index in [1.165, 1.54) is 0 Å². The third kappa shape index (κ3) is 8.87. The Morgan fingerprint density at radius 2 is 1.00 bits per heavy atom. The van der Waals surface area contributed by atoms with Crippen molar-refractivity contribution in [3.63, 3.8) is 0 Å². The summed E-state index contributed by atoms with van der Waals surface area (Å²) in [5, 5.41) is 0. The SMILES string of the molecule is O.[MgH2].[Mn].[NaH]. The predicted molar refractivity (Wildman–Crippen MR) is 19.3 cm³/mol. The molecule has 0 rings (SSSR count). The summed E-state index contributed by atoms with van der Waals surface area (Å²) in [4.78, 5) is 0. The van der Waals surface area contributed by atoms with E-state index < -0.39 is 0 Å². The molecule has 0 aliphatic heterocycles. The van der Waals surface area contributed by atoms with E-state index in [0.29, 0.717) is 0 Å². The monoisotopic (exact) mass is 123 g/mol. The van der Waals surface area contributed by atoms with E-state index >= 15 is 0 Å². The van der Waals surface area contributed by atoms with Gasteiger partial charge in [-0.3, -0.25) is 0 Å². The van der Waals surface area contributed by atoms with Gasteiger partial charge in [0.05, 0.1) is 0 Å². The number of hydrogen-bond donors (Lipinski definition) is 0. The van der Waals surface area contributed by atoms with Gasteiger partial charge in [0.15, 0.2) is 0 Å². The van der Waals surface area contributed by atoms with Gasteiger partial charge in [-0.05, 0) is 0 Å². The first-order valence-corrected chi connectivity index (χ1v) is 0. The third-order valence-corrected chi connectivity index (χ3v) is 0. The van der Waals surface area contributed by atoms with Crippen LogP contribution in [0.15, 0.2) is 0 Å². The molecule has 0 spiro atoms. The summed E-state index contributed by atoms with van der Waals surface area (Å²) in [7, 11) is 0. The molecule has 0 saturated carbocycles. The fourth-order valence-corrected chi connectivity index (χ4v) is 0. The molecule has 0 saturated heterocycles. The van der Waals surface area contributed by atoms with Crippen LogP contribution in [-0.2, 0) is 17.1 Å². The molecule has 0 heterocycles. The first kappa shape index (κ1) is 34.1. The van der Waals surface area contributed by atoms with E-state index in [-0.39, 0.29) is 75.2 Å². The van der Waals surface area contributed by atoms with E-state index in [2.05, 4.69) is 0 Å². The minimum atomic E-state index is 0. The Labute approximate surface area is 74.1 Å². The van der Waals surface area contributed by atoms with Crippen molar-refractivity contribution >= 4 is 52.6 Å². The Balaban J connectivity index is 0. The maximum absolute atomic E-state index is 0. The number of hydrogen-bond acceptors (Lipinski definition) is 0. The van der Waals surface area contributed by atoms with Crippen molar-refractivity contribution in [2.24, 2.45) is 0 Å². The van der Waals surface area contributed by atoms with Crippen molar-refractivity contribution in [3.05, 3.63) is 0 Å². The molecule has 0 aromatic carbocycles. The van der Waals surface area contributed by atoms with Gasteiger partial charge in [0.1, 0.15) is 0 Å². The van der Waals surface area contributed by atoms with Crippen LogP contribution >= 0.6 is 0 Å². The summed E-state index contributed by atoms with van der Waals surface area (Å²) < 4.78 is 0. The normalized spacial score (nSPS) is 0. The van der Waals surface area contributed by atoms with E-state index in [9.17, 15) is 0 Å². The van der Waals surface area contributed by atoms with Gasteiger partial charge in [-0.2, -0.15) is 0 Å². The molecule has 0 atom stereocenters. The van der Waals surface area contributed by atoms with Crippen molar-refractivity contribution in [1.29, 1.82) is 0 Å². The first-order valence-electron chi connectivity index (χ1n) is 0. The number of rotatable bonds is 0. The van der Waals surface area contributed by atoms with Gasteiger partial charge in [-0.15, -0.1) is 0 Å². The van der Waals surface area contributed by atoms with Gasteiger partial charge in [0, 0.05) is 17.1 Å². The molecule has 0 aromatic rings. The maximum atomic E-state index is 0. The van der Waals surface area contributed by atoms with Crippen molar-refractivity contribution in [1.82, 2.24) is 0 Å². The van der Waals surface area contributed by atoms with Crippen LogP contribution in [0.25, 0.3) is 0 Å². The van der Waals surface area contributed by atoms with E-state index in [4.69, 9.17) is 0 Å². The van der Waals surface area contributed by atoms with E-state index in [0.717, 1.165) is 0 Å². The Morgan fingerprint density at radius 1 is 1.00 bits per heavy atom. The zero-order chi connectivity index (χ0) is 0. The van der Waals surface area contributed by atoms with Crippen LogP contribution in [-0.4, -0.2) is 58.1 Å². The molecule has 2 N–H and O–H groups in total. The fourth-order valence-electron chi connectivity index (χ4n) is 0. The molecule has 4 heteroatoms. The molecule has 0 amide bonds. The second kappa shape index (κ2) is 18.7. The van der Waals surface area contributed by atoms with Crippen molar-refractivity contribution < 1.29 is 22.5 Å². The molecule has 0 unspecified atom stereocenters. The first-order chi connectivity index (χ1) is 0. The van der Waals surface area contributed by atoms with E-state index in [1.54, 1.807) is 0 Å². The van der Waals surface area contributed by atoms with Crippen LogP contribution in [0, 0.1) is 0 Å². The summed E-state index contributed by atoms with van der Waals surface area (Å²) in [5.74, 6) is 0. The average Bonchev–Trinajstić information content (AvgIpc) is 0. The van der Waals surface area contributed by atoms with Crippen LogP contribution in [0.2, 0.25) is 0 Å². The molecule has 1 nitrogen and oxygen atoms in total. The summed E-state index contributed by atoms with van der Waals surface area (Å²) >= 11 is 0. The molecule has 0 aromatic heterocycles. The molecule has 4 heavy (non-hydrogen) atoms. The summed E-state index contributed by atoms with van der Waals surface area (Å²) in [5.41, 5.74) is 0. The second-order valence-electron chi connectivity index (χ2n) is 0. The summed E-state index contributed by atoms with van der Waals surface area (Å²) in [6.45, 7) is 0. The minimum absolute atomic E-state index is 0. The Bertz CT molecular complexity index is 8.00. The molecular formula is H5MgMnNaO. The Kier molecular flexibility index (Phi) is 160. The van der Waals surface area contributed by atoms with Crippen LogP contribution in [0.1, 0.15) is 0 Å². The van der Waals surface area contributed by atoms with Crippen molar-refractivity contribution in [2.45, 2.75) is 0 Å². The molecule has 0 fully saturated rings. The quantitative estimate of drug-likeness (QED) is 0.322. The molecule has 1 radical (unpaired) electrons. The Morgan fingerprint density at radius 3 is 1.00 bits per heavy atom. The van der Waals surface area contributed by atoms with Crippen LogP contribution in [0.5, 0.6) is 0 Å². The van der Waals surface area contributed by atoms with Crippen LogP contribution in [0.3, 0.4) is 0 Å². The van der Waals surface area contributed by atoms with Gasteiger partial charge in [-0.25, -0.2) is 0 Å². The van der Waals surface area contributed by atoms with Gasteiger partial charge in [0.2, 0.25) is 0 Å².